The van der Waals surface area contributed by atoms with Gasteiger partial charge < -0.3 is 21.3 Å². The number of amides is 1. The number of aliphatic hydroxyl groups excluding tert-OH is 1. The molecule has 1 saturated carbocycles. The van der Waals surface area contributed by atoms with Gasteiger partial charge in [0.15, 0.2) is 6.04 Å². The molecule has 0 aliphatic heterocycles. The Hall–Kier alpha value is -1.14. The molecule has 0 aromatic heterocycles. The van der Waals surface area contributed by atoms with Gasteiger partial charge >= 0.3 is 5.97 Å². The van der Waals surface area contributed by atoms with Crippen molar-refractivity contribution in [2.45, 2.75) is 57.2 Å². The normalized spacial score (nSPS) is 27.9. The van der Waals surface area contributed by atoms with Gasteiger partial charge in [0.2, 0.25) is 5.91 Å². The number of hydrogen-bond acceptors (Lipinski definition) is 4. The molecule has 6 nitrogen and oxygen atoms in total. The number of carbonyl (C=O) groups is 2. The van der Waals surface area contributed by atoms with Crippen LogP contribution in [0.4, 0.5) is 0 Å². The van der Waals surface area contributed by atoms with E-state index in [0.29, 0.717) is 6.42 Å². The van der Waals surface area contributed by atoms with Crippen LogP contribution in [0.25, 0.3) is 0 Å². The molecule has 18 heavy (non-hydrogen) atoms. The van der Waals surface area contributed by atoms with E-state index in [0.717, 1.165) is 25.7 Å². The van der Waals surface area contributed by atoms with Crippen LogP contribution in [0.5, 0.6) is 0 Å². The largest absolute Gasteiger partial charge is 0.480 e. The molecular weight excluding hydrogens is 236 g/mol. The Kier molecular flexibility index (Phi) is 5.55. The summed E-state index contributed by atoms with van der Waals surface area (Å²) >= 11 is 0. The van der Waals surface area contributed by atoms with E-state index in [9.17, 15) is 14.7 Å². The highest BCUT2D eigenvalue weighted by molar-refractivity contribution is 5.85. The van der Waals surface area contributed by atoms with E-state index in [1.165, 1.54) is 6.92 Å². The summed E-state index contributed by atoms with van der Waals surface area (Å²) in [6, 6.07) is -1.50. The quantitative estimate of drug-likeness (QED) is 0.524. The SMILES string of the molecule is C[C@@H](O)[C@H](NC(=O)C1CCCCCC1N)C(=O)O. The molecule has 0 heterocycles. The second kappa shape index (κ2) is 6.70. The Morgan fingerprint density at radius 1 is 1.28 bits per heavy atom. The molecule has 104 valence electrons. The maximum absolute atomic E-state index is 12.0. The fraction of sp³-hybridized carbons (Fsp3) is 0.833. The van der Waals surface area contributed by atoms with Crippen LogP contribution < -0.4 is 11.1 Å². The lowest BCUT2D eigenvalue weighted by atomic mass is 9.94. The monoisotopic (exact) mass is 258 g/mol. The van der Waals surface area contributed by atoms with E-state index < -0.39 is 18.1 Å². The number of nitrogens with one attached hydrogen (secondary N) is 1. The van der Waals surface area contributed by atoms with Crippen molar-refractivity contribution in [3.05, 3.63) is 0 Å². The van der Waals surface area contributed by atoms with Crippen LogP contribution in [0, 0.1) is 5.92 Å². The van der Waals surface area contributed by atoms with Crippen LogP contribution in [0.15, 0.2) is 0 Å². The standard InChI is InChI=1S/C12H22N2O4/c1-7(15)10(12(17)18)14-11(16)8-5-3-2-4-6-9(8)13/h7-10,15H,2-6,13H2,1H3,(H,14,16)(H,17,18)/t7-,8?,9?,10+/m1/s1. The number of carboxylic acids is 1. The van der Waals surface area contributed by atoms with Gasteiger partial charge in [0.1, 0.15) is 0 Å². The van der Waals surface area contributed by atoms with E-state index in [4.69, 9.17) is 10.8 Å². The van der Waals surface area contributed by atoms with Gasteiger partial charge in [-0.05, 0) is 19.8 Å². The smallest absolute Gasteiger partial charge is 0.328 e. The van der Waals surface area contributed by atoms with Gasteiger partial charge in [0, 0.05) is 6.04 Å². The van der Waals surface area contributed by atoms with Crippen molar-refractivity contribution in [2.24, 2.45) is 11.7 Å². The predicted molar refractivity (Wildman–Crippen MR) is 65.8 cm³/mol. The molecular formula is C12H22N2O4. The van der Waals surface area contributed by atoms with E-state index in [1.54, 1.807) is 0 Å². The second-order valence-corrected chi connectivity index (χ2v) is 4.97. The molecule has 1 amide bonds. The van der Waals surface area contributed by atoms with Gasteiger partial charge in [-0.2, -0.15) is 0 Å². The maximum Gasteiger partial charge on any atom is 0.328 e. The minimum Gasteiger partial charge on any atom is -0.480 e. The molecule has 2 unspecified atom stereocenters. The molecule has 0 aromatic carbocycles. The van der Waals surface area contributed by atoms with Crippen molar-refractivity contribution in [3.63, 3.8) is 0 Å². The molecule has 4 atom stereocenters. The molecule has 5 N–H and O–H groups in total. The summed E-state index contributed by atoms with van der Waals surface area (Å²) in [5, 5.41) is 20.6. The highest BCUT2D eigenvalue weighted by atomic mass is 16.4. The number of aliphatic carboxylic acids is 1. The van der Waals surface area contributed by atoms with E-state index in [2.05, 4.69) is 5.32 Å². The number of carbonyl (C=O) groups excluding carboxylic acids is 1. The lowest BCUT2D eigenvalue weighted by Gasteiger charge is -2.24. The van der Waals surface area contributed by atoms with Gasteiger partial charge in [-0.1, -0.05) is 19.3 Å². The Balaban J connectivity index is 2.64. The fourth-order valence-electron chi connectivity index (χ4n) is 2.31. The van der Waals surface area contributed by atoms with Crippen molar-refractivity contribution in [1.82, 2.24) is 5.32 Å². The molecule has 1 rings (SSSR count). The van der Waals surface area contributed by atoms with Crippen molar-refractivity contribution < 1.29 is 19.8 Å². The third-order valence-electron chi connectivity index (χ3n) is 3.45. The summed E-state index contributed by atoms with van der Waals surface area (Å²) in [7, 11) is 0. The molecule has 0 aromatic rings. The van der Waals surface area contributed by atoms with Crippen LogP contribution in [-0.4, -0.2) is 40.3 Å². The van der Waals surface area contributed by atoms with Gasteiger partial charge in [0.05, 0.1) is 12.0 Å². The van der Waals surface area contributed by atoms with Gasteiger partial charge in [0.25, 0.3) is 0 Å². The van der Waals surface area contributed by atoms with Crippen molar-refractivity contribution in [3.8, 4) is 0 Å². The third-order valence-corrected chi connectivity index (χ3v) is 3.45. The van der Waals surface area contributed by atoms with Crippen LogP contribution in [0.1, 0.15) is 39.0 Å². The first-order valence-electron chi connectivity index (χ1n) is 6.40. The van der Waals surface area contributed by atoms with E-state index >= 15 is 0 Å². The highest BCUT2D eigenvalue weighted by Crippen LogP contribution is 2.22. The fourth-order valence-corrected chi connectivity index (χ4v) is 2.31. The maximum atomic E-state index is 12.0. The summed E-state index contributed by atoms with van der Waals surface area (Å²) in [6.07, 6.45) is 3.32. The minimum absolute atomic E-state index is 0.226. The molecule has 0 saturated heterocycles. The average molecular weight is 258 g/mol. The predicted octanol–water partition coefficient (Wildman–Crippen LogP) is -0.156. The lowest BCUT2D eigenvalue weighted by Crippen LogP contribution is -2.52. The van der Waals surface area contributed by atoms with Crippen molar-refractivity contribution >= 4 is 11.9 Å². The summed E-state index contributed by atoms with van der Waals surface area (Å²) in [6.45, 7) is 1.34. The zero-order valence-corrected chi connectivity index (χ0v) is 10.6. The van der Waals surface area contributed by atoms with Crippen LogP contribution in [0.2, 0.25) is 0 Å². The Morgan fingerprint density at radius 2 is 1.89 bits per heavy atom. The third kappa shape index (κ3) is 3.96. The highest BCUT2D eigenvalue weighted by Gasteiger charge is 2.31. The van der Waals surface area contributed by atoms with Crippen LogP contribution >= 0.6 is 0 Å². The van der Waals surface area contributed by atoms with E-state index in [-0.39, 0.29) is 17.9 Å². The number of rotatable bonds is 4. The molecule has 1 aliphatic rings. The minimum atomic E-state index is -1.27. The average Bonchev–Trinajstić information content (AvgIpc) is 2.49. The van der Waals surface area contributed by atoms with Crippen molar-refractivity contribution in [2.75, 3.05) is 0 Å². The first-order valence-corrected chi connectivity index (χ1v) is 6.40. The van der Waals surface area contributed by atoms with Gasteiger partial charge in [-0.3, -0.25) is 4.79 Å². The number of hydrogen-bond donors (Lipinski definition) is 4. The Labute approximate surface area is 107 Å². The molecule has 1 fully saturated rings. The summed E-state index contributed by atoms with van der Waals surface area (Å²) in [5.74, 6) is -1.95. The molecule has 6 heteroatoms. The Bertz CT molecular complexity index is 306. The van der Waals surface area contributed by atoms with E-state index in [1.807, 2.05) is 0 Å². The molecule has 0 radical (unpaired) electrons. The topological polar surface area (TPSA) is 113 Å². The zero-order chi connectivity index (χ0) is 13.7. The lowest BCUT2D eigenvalue weighted by molar-refractivity contribution is -0.145. The molecule has 0 spiro atoms. The van der Waals surface area contributed by atoms with Gasteiger partial charge in [-0.15, -0.1) is 0 Å². The summed E-state index contributed by atoms with van der Waals surface area (Å²) in [5.41, 5.74) is 5.94. The molecule has 1 aliphatic carbocycles. The molecule has 0 bridgehead atoms. The zero-order valence-electron chi connectivity index (χ0n) is 10.6. The number of aliphatic hydroxyl groups is 1. The van der Waals surface area contributed by atoms with Gasteiger partial charge in [-0.25, -0.2) is 4.79 Å². The number of carboxylic acid groups (broad SMARTS) is 1. The summed E-state index contributed by atoms with van der Waals surface area (Å²) < 4.78 is 0. The summed E-state index contributed by atoms with van der Waals surface area (Å²) in [4.78, 5) is 22.9. The number of nitrogens with two attached hydrogens (primary N) is 1. The van der Waals surface area contributed by atoms with Crippen LogP contribution in [-0.2, 0) is 9.59 Å². The Morgan fingerprint density at radius 3 is 2.44 bits per heavy atom. The first kappa shape index (κ1) is 14.9. The van der Waals surface area contributed by atoms with Crippen LogP contribution in [0.3, 0.4) is 0 Å². The second-order valence-electron chi connectivity index (χ2n) is 4.97. The van der Waals surface area contributed by atoms with Crippen molar-refractivity contribution in [1.29, 1.82) is 0 Å². The first-order chi connectivity index (χ1) is 8.43.